The van der Waals surface area contributed by atoms with Gasteiger partial charge < -0.3 is 15.8 Å². The molecular weight excluding hydrogens is 286 g/mol. The van der Waals surface area contributed by atoms with E-state index in [1.54, 1.807) is 0 Å². The Bertz CT molecular complexity index is 542. The van der Waals surface area contributed by atoms with Crippen molar-refractivity contribution in [3.05, 3.63) is 17.7 Å². The second-order valence-corrected chi connectivity index (χ2v) is 5.30. The van der Waals surface area contributed by atoms with E-state index >= 15 is 0 Å². The molecule has 7 nitrogen and oxygen atoms in total. The predicted molar refractivity (Wildman–Crippen MR) is 82.4 cm³/mol. The molecule has 0 spiro atoms. The van der Waals surface area contributed by atoms with Gasteiger partial charge in [-0.05, 0) is 25.0 Å². The number of hydrogen-bond donors (Lipinski definition) is 4. The second kappa shape index (κ2) is 7.65. The SMILES string of the molecule is NC(=O)c1ccc(NO)c(OCC=O)c1NC1CCCCC1. The lowest BCUT2D eigenvalue weighted by molar-refractivity contribution is -0.109. The highest BCUT2D eigenvalue weighted by molar-refractivity contribution is 6.01. The Morgan fingerprint density at radius 1 is 1.36 bits per heavy atom. The number of carbonyl (C=O) groups excluding carboxylic acids is 2. The third kappa shape index (κ3) is 3.67. The van der Waals surface area contributed by atoms with E-state index in [0.29, 0.717) is 12.0 Å². The average molecular weight is 307 g/mol. The minimum absolute atomic E-state index is 0.184. The Morgan fingerprint density at radius 2 is 2.09 bits per heavy atom. The number of benzene rings is 1. The molecule has 2 rings (SSSR count). The standard InChI is InChI=1S/C15H21N3O4/c16-15(20)11-6-7-12(18-21)14(22-9-8-19)13(11)17-10-4-2-1-3-5-10/h6-8,10,17-18,21H,1-5,9H2,(H2,16,20). The molecule has 22 heavy (non-hydrogen) atoms. The van der Waals surface area contributed by atoms with Crippen LogP contribution in [0.3, 0.4) is 0 Å². The van der Waals surface area contributed by atoms with Crippen LogP contribution < -0.4 is 21.3 Å². The van der Waals surface area contributed by atoms with Gasteiger partial charge in [-0.1, -0.05) is 19.3 Å². The summed E-state index contributed by atoms with van der Waals surface area (Å²) in [6.45, 7) is -0.184. The van der Waals surface area contributed by atoms with E-state index in [4.69, 9.17) is 10.5 Å². The van der Waals surface area contributed by atoms with Gasteiger partial charge in [0.2, 0.25) is 0 Å². The maximum absolute atomic E-state index is 11.7. The van der Waals surface area contributed by atoms with Crippen molar-refractivity contribution in [1.29, 1.82) is 0 Å². The molecule has 1 amide bonds. The van der Waals surface area contributed by atoms with Crippen molar-refractivity contribution in [1.82, 2.24) is 0 Å². The van der Waals surface area contributed by atoms with Gasteiger partial charge in [0.1, 0.15) is 12.3 Å². The van der Waals surface area contributed by atoms with Gasteiger partial charge in [-0.2, -0.15) is 0 Å². The summed E-state index contributed by atoms with van der Waals surface area (Å²) < 4.78 is 5.38. The Labute approximate surface area is 128 Å². The van der Waals surface area contributed by atoms with Crippen molar-refractivity contribution in [2.45, 2.75) is 38.1 Å². The van der Waals surface area contributed by atoms with Gasteiger partial charge in [0.15, 0.2) is 12.0 Å². The molecule has 7 heteroatoms. The number of rotatable bonds is 7. The van der Waals surface area contributed by atoms with Crippen LogP contribution >= 0.6 is 0 Å². The number of nitrogens with one attached hydrogen (secondary N) is 2. The number of ether oxygens (including phenoxy) is 1. The molecule has 1 aromatic carbocycles. The summed E-state index contributed by atoms with van der Waals surface area (Å²) >= 11 is 0. The smallest absolute Gasteiger partial charge is 0.250 e. The molecule has 1 saturated carbocycles. The summed E-state index contributed by atoms with van der Waals surface area (Å²) in [5.41, 5.74) is 8.39. The van der Waals surface area contributed by atoms with Crippen LogP contribution in [0.4, 0.5) is 11.4 Å². The van der Waals surface area contributed by atoms with E-state index in [-0.39, 0.29) is 29.6 Å². The molecule has 1 aliphatic rings. The van der Waals surface area contributed by atoms with Gasteiger partial charge in [0.05, 0.1) is 11.3 Å². The highest BCUT2D eigenvalue weighted by atomic mass is 16.5. The number of nitrogens with two attached hydrogens (primary N) is 1. The van der Waals surface area contributed by atoms with Crippen molar-refractivity contribution in [2.24, 2.45) is 5.73 Å². The Balaban J connectivity index is 2.39. The number of primary amides is 1. The fourth-order valence-corrected chi connectivity index (χ4v) is 2.74. The maximum atomic E-state index is 11.7. The van der Waals surface area contributed by atoms with Gasteiger partial charge in [-0.25, -0.2) is 0 Å². The monoisotopic (exact) mass is 307 g/mol. The predicted octanol–water partition coefficient (Wildman–Crippen LogP) is 1.91. The first-order valence-corrected chi connectivity index (χ1v) is 7.37. The lowest BCUT2D eigenvalue weighted by Crippen LogP contribution is -2.25. The fraction of sp³-hybridized carbons (Fsp3) is 0.467. The highest BCUT2D eigenvalue weighted by Gasteiger charge is 2.22. The van der Waals surface area contributed by atoms with Gasteiger partial charge >= 0.3 is 0 Å². The van der Waals surface area contributed by atoms with Crippen LogP contribution in [0.5, 0.6) is 5.75 Å². The third-order valence-corrected chi connectivity index (χ3v) is 3.79. The van der Waals surface area contributed by atoms with Crippen LogP contribution in [0.15, 0.2) is 12.1 Å². The average Bonchev–Trinajstić information content (AvgIpc) is 2.53. The van der Waals surface area contributed by atoms with Crippen LogP contribution in [0.2, 0.25) is 0 Å². The molecule has 0 unspecified atom stereocenters. The fourth-order valence-electron chi connectivity index (χ4n) is 2.74. The minimum Gasteiger partial charge on any atom is -0.482 e. The van der Waals surface area contributed by atoms with Gasteiger partial charge in [0, 0.05) is 6.04 Å². The molecule has 0 bridgehead atoms. The van der Waals surface area contributed by atoms with Crippen molar-refractivity contribution in [2.75, 3.05) is 17.4 Å². The van der Waals surface area contributed by atoms with Crippen LogP contribution in [0, 0.1) is 0 Å². The first-order valence-electron chi connectivity index (χ1n) is 7.37. The second-order valence-electron chi connectivity index (χ2n) is 5.30. The molecule has 1 aliphatic carbocycles. The summed E-state index contributed by atoms with van der Waals surface area (Å²) in [6.07, 6.45) is 6.01. The van der Waals surface area contributed by atoms with Crippen molar-refractivity contribution in [3.8, 4) is 5.75 Å². The normalized spacial score (nSPS) is 15.1. The summed E-state index contributed by atoms with van der Waals surface area (Å²) in [4.78, 5) is 22.2. The van der Waals surface area contributed by atoms with Crippen LogP contribution in [0.25, 0.3) is 0 Å². The molecule has 1 fully saturated rings. The zero-order valence-electron chi connectivity index (χ0n) is 12.3. The molecular formula is C15H21N3O4. The van der Waals surface area contributed by atoms with E-state index in [9.17, 15) is 14.8 Å². The van der Waals surface area contributed by atoms with E-state index in [1.807, 2.05) is 5.48 Å². The Morgan fingerprint density at radius 3 is 2.68 bits per heavy atom. The van der Waals surface area contributed by atoms with Gasteiger partial charge in [0.25, 0.3) is 5.91 Å². The summed E-state index contributed by atoms with van der Waals surface area (Å²) in [5.74, 6) is -0.379. The van der Waals surface area contributed by atoms with Crippen LogP contribution in [0.1, 0.15) is 42.5 Å². The van der Waals surface area contributed by atoms with Crippen molar-refractivity contribution < 1.29 is 19.5 Å². The van der Waals surface area contributed by atoms with E-state index in [0.717, 1.165) is 25.7 Å². The quantitative estimate of drug-likeness (QED) is 0.452. The topological polar surface area (TPSA) is 114 Å². The van der Waals surface area contributed by atoms with Crippen molar-refractivity contribution in [3.63, 3.8) is 0 Å². The molecule has 0 radical (unpaired) electrons. The van der Waals surface area contributed by atoms with Crippen LogP contribution in [-0.2, 0) is 4.79 Å². The van der Waals surface area contributed by atoms with E-state index in [1.165, 1.54) is 18.6 Å². The van der Waals surface area contributed by atoms with E-state index in [2.05, 4.69) is 5.32 Å². The molecule has 120 valence electrons. The Kier molecular flexibility index (Phi) is 5.60. The number of anilines is 2. The lowest BCUT2D eigenvalue weighted by atomic mass is 9.95. The molecule has 0 saturated heterocycles. The zero-order chi connectivity index (χ0) is 15.9. The van der Waals surface area contributed by atoms with E-state index < -0.39 is 5.91 Å². The van der Waals surface area contributed by atoms with Crippen LogP contribution in [-0.4, -0.2) is 30.0 Å². The maximum Gasteiger partial charge on any atom is 0.250 e. The number of aldehydes is 1. The summed E-state index contributed by atoms with van der Waals surface area (Å²) in [7, 11) is 0. The van der Waals surface area contributed by atoms with Crippen molar-refractivity contribution >= 4 is 23.6 Å². The van der Waals surface area contributed by atoms with Gasteiger partial charge in [-0.3, -0.25) is 20.3 Å². The molecule has 0 heterocycles. The largest absolute Gasteiger partial charge is 0.482 e. The minimum atomic E-state index is -0.598. The molecule has 0 aromatic heterocycles. The number of amides is 1. The molecule has 0 aliphatic heterocycles. The summed E-state index contributed by atoms with van der Waals surface area (Å²) in [6, 6.07) is 3.20. The summed E-state index contributed by atoms with van der Waals surface area (Å²) in [5, 5.41) is 12.5. The molecule has 0 atom stereocenters. The highest BCUT2D eigenvalue weighted by Crippen LogP contribution is 2.38. The first-order chi connectivity index (χ1) is 10.7. The molecule has 5 N–H and O–H groups in total. The lowest BCUT2D eigenvalue weighted by Gasteiger charge is -2.26. The zero-order valence-corrected chi connectivity index (χ0v) is 12.3. The van der Waals surface area contributed by atoms with Gasteiger partial charge in [-0.15, -0.1) is 0 Å². The molecule has 1 aromatic rings. The number of carbonyl (C=O) groups is 2. The third-order valence-electron chi connectivity index (χ3n) is 3.79. The first kappa shape index (κ1) is 16.1. The Hall–Kier alpha value is -2.28. The number of hydrogen-bond acceptors (Lipinski definition) is 6.